The molecule has 0 spiro atoms. The highest BCUT2D eigenvalue weighted by Gasteiger charge is 2.40. The second-order valence-electron chi connectivity index (χ2n) is 7.96. The molecule has 26 heavy (non-hydrogen) atoms. The van der Waals surface area contributed by atoms with Gasteiger partial charge in [0.15, 0.2) is 11.5 Å². The van der Waals surface area contributed by atoms with Crippen LogP contribution in [0.5, 0.6) is 11.5 Å². The third kappa shape index (κ3) is 3.68. The minimum Gasteiger partial charge on any atom is -0.493 e. The van der Waals surface area contributed by atoms with Crippen molar-refractivity contribution in [3.8, 4) is 11.5 Å². The molecule has 1 amide bonds. The number of methoxy groups -OCH3 is 2. The topological polar surface area (TPSA) is 73.6 Å². The van der Waals surface area contributed by atoms with Gasteiger partial charge in [0, 0.05) is 12.0 Å². The minimum atomic E-state index is -0.673. The van der Waals surface area contributed by atoms with E-state index in [1.165, 1.54) is 24.8 Å². The predicted molar refractivity (Wildman–Crippen MR) is 103 cm³/mol. The van der Waals surface area contributed by atoms with Crippen LogP contribution in [-0.4, -0.2) is 32.2 Å². The lowest BCUT2D eigenvalue weighted by Gasteiger charge is -2.39. The Morgan fingerprint density at radius 3 is 2.23 bits per heavy atom. The largest absolute Gasteiger partial charge is 0.493 e. The summed E-state index contributed by atoms with van der Waals surface area (Å²) >= 11 is 0. The van der Waals surface area contributed by atoms with Crippen LogP contribution in [0.3, 0.4) is 0 Å². The zero-order chi connectivity index (χ0) is 18.6. The van der Waals surface area contributed by atoms with Gasteiger partial charge in [0.1, 0.15) is 0 Å². The van der Waals surface area contributed by atoms with E-state index in [2.05, 4.69) is 17.4 Å². The molecule has 0 aromatic heterocycles. The number of hydrogen-bond donors (Lipinski definition) is 2. The number of rotatable bonds is 6. The van der Waals surface area contributed by atoms with E-state index in [4.69, 9.17) is 15.2 Å². The molecule has 0 atom stereocenters. The van der Waals surface area contributed by atoms with E-state index in [9.17, 15) is 4.79 Å². The number of hydrogen-bond acceptors (Lipinski definition) is 4. The molecule has 1 aromatic rings. The van der Waals surface area contributed by atoms with E-state index in [1.807, 2.05) is 6.07 Å². The molecule has 5 heteroatoms. The summed E-state index contributed by atoms with van der Waals surface area (Å²) in [6.45, 7) is 0.639. The average Bonchev–Trinajstić information content (AvgIpc) is 3.14. The first kappa shape index (κ1) is 19.0. The smallest absolute Gasteiger partial charge is 0.240 e. The van der Waals surface area contributed by atoms with Crippen molar-refractivity contribution in [2.75, 3.05) is 20.8 Å². The number of benzene rings is 1. The highest BCUT2D eigenvalue weighted by molar-refractivity contribution is 5.86. The molecule has 0 bridgehead atoms. The first-order chi connectivity index (χ1) is 12.5. The molecule has 0 heterocycles. The Labute approximate surface area is 156 Å². The average molecular weight is 360 g/mol. The van der Waals surface area contributed by atoms with Gasteiger partial charge in [-0.3, -0.25) is 4.79 Å². The van der Waals surface area contributed by atoms with E-state index < -0.39 is 5.54 Å². The molecule has 0 unspecified atom stereocenters. The molecule has 5 nitrogen and oxygen atoms in total. The van der Waals surface area contributed by atoms with Crippen molar-refractivity contribution in [1.29, 1.82) is 0 Å². The van der Waals surface area contributed by atoms with Gasteiger partial charge in [-0.2, -0.15) is 0 Å². The molecule has 2 aliphatic carbocycles. The molecular weight excluding hydrogens is 328 g/mol. The Balaban J connectivity index is 1.81. The van der Waals surface area contributed by atoms with Gasteiger partial charge in [0.25, 0.3) is 0 Å². The van der Waals surface area contributed by atoms with Crippen molar-refractivity contribution in [2.45, 2.75) is 68.7 Å². The van der Waals surface area contributed by atoms with E-state index in [-0.39, 0.29) is 11.3 Å². The van der Waals surface area contributed by atoms with Crippen molar-refractivity contribution in [1.82, 2.24) is 5.32 Å². The second-order valence-corrected chi connectivity index (χ2v) is 7.96. The van der Waals surface area contributed by atoms with E-state index in [0.29, 0.717) is 6.54 Å². The first-order valence-corrected chi connectivity index (χ1v) is 9.83. The lowest BCUT2D eigenvalue weighted by molar-refractivity contribution is -0.126. The summed E-state index contributed by atoms with van der Waals surface area (Å²) in [6.07, 6.45) is 9.43. The maximum Gasteiger partial charge on any atom is 0.240 e. The fraction of sp³-hybridized carbons (Fsp3) is 0.667. The van der Waals surface area contributed by atoms with Gasteiger partial charge in [0.2, 0.25) is 5.91 Å². The Kier molecular flexibility index (Phi) is 5.76. The number of carbonyl (C=O) groups excluding carboxylic acids is 1. The Bertz CT molecular complexity index is 632. The Morgan fingerprint density at radius 2 is 1.62 bits per heavy atom. The van der Waals surface area contributed by atoms with Gasteiger partial charge in [-0.15, -0.1) is 0 Å². The van der Waals surface area contributed by atoms with Gasteiger partial charge < -0.3 is 20.5 Å². The highest BCUT2D eigenvalue weighted by Crippen LogP contribution is 2.42. The van der Waals surface area contributed by atoms with Gasteiger partial charge in [0.05, 0.1) is 19.8 Å². The van der Waals surface area contributed by atoms with Crippen LogP contribution in [0.25, 0.3) is 0 Å². The molecule has 0 saturated heterocycles. The summed E-state index contributed by atoms with van der Waals surface area (Å²) in [7, 11) is 3.31. The Hall–Kier alpha value is -1.75. The second kappa shape index (κ2) is 7.87. The zero-order valence-corrected chi connectivity index (χ0v) is 16.1. The molecule has 144 valence electrons. The normalized spacial score (nSPS) is 21.2. The summed E-state index contributed by atoms with van der Waals surface area (Å²) in [6, 6.07) is 6.16. The number of carbonyl (C=O) groups is 1. The van der Waals surface area contributed by atoms with E-state index in [0.717, 1.165) is 50.0 Å². The Morgan fingerprint density at radius 1 is 1.00 bits per heavy atom. The third-order valence-electron chi connectivity index (χ3n) is 6.34. The van der Waals surface area contributed by atoms with Gasteiger partial charge in [-0.25, -0.2) is 0 Å². The van der Waals surface area contributed by atoms with Crippen molar-refractivity contribution in [3.05, 3.63) is 23.8 Å². The molecule has 0 aliphatic heterocycles. The highest BCUT2D eigenvalue weighted by atomic mass is 16.5. The first-order valence-electron chi connectivity index (χ1n) is 9.83. The van der Waals surface area contributed by atoms with Crippen molar-refractivity contribution in [2.24, 2.45) is 5.73 Å². The van der Waals surface area contributed by atoms with Crippen LogP contribution >= 0.6 is 0 Å². The van der Waals surface area contributed by atoms with Crippen molar-refractivity contribution >= 4 is 5.91 Å². The summed E-state index contributed by atoms with van der Waals surface area (Å²) in [5, 5.41) is 3.20. The van der Waals surface area contributed by atoms with Crippen molar-refractivity contribution < 1.29 is 14.3 Å². The molecule has 2 aliphatic rings. The number of ether oxygens (including phenoxy) is 2. The third-order valence-corrected chi connectivity index (χ3v) is 6.34. The predicted octanol–water partition coefficient (Wildman–Crippen LogP) is 3.29. The lowest BCUT2D eigenvalue weighted by Crippen LogP contribution is -2.54. The molecular formula is C21H32N2O3. The fourth-order valence-corrected chi connectivity index (χ4v) is 4.62. The SMILES string of the molecule is COc1ccc(C2(CNC(=O)C3(N)CCCC3)CCCCC2)cc1OC. The van der Waals surface area contributed by atoms with Crippen LogP contribution in [0.4, 0.5) is 0 Å². The van der Waals surface area contributed by atoms with Crippen LogP contribution < -0.4 is 20.5 Å². The van der Waals surface area contributed by atoms with Gasteiger partial charge in [-0.05, 0) is 43.4 Å². The van der Waals surface area contributed by atoms with Gasteiger partial charge >= 0.3 is 0 Å². The summed E-state index contributed by atoms with van der Waals surface area (Å²) in [5.74, 6) is 1.49. The quantitative estimate of drug-likeness (QED) is 0.816. The maximum absolute atomic E-state index is 12.7. The lowest BCUT2D eigenvalue weighted by atomic mass is 9.69. The number of nitrogens with one attached hydrogen (secondary N) is 1. The molecule has 3 rings (SSSR count). The molecule has 2 fully saturated rings. The molecule has 1 aromatic carbocycles. The van der Waals surface area contributed by atoms with Crippen molar-refractivity contribution in [3.63, 3.8) is 0 Å². The molecule has 2 saturated carbocycles. The fourth-order valence-electron chi connectivity index (χ4n) is 4.62. The monoisotopic (exact) mass is 360 g/mol. The summed E-state index contributed by atoms with van der Waals surface area (Å²) < 4.78 is 10.9. The molecule has 3 N–H and O–H groups in total. The number of amides is 1. The van der Waals surface area contributed by atoms with Crippen LogP contribution in [0.15, 0.2) is 18.2 Å². The van der Waals surface area contributed by atoms with E-state index in [1.54, 1.807) is 14.2 Å². The summed E-state index contributed by atoms with van der Waals surface area (Å²) in [4.78, 5) is 12.7. The van der Waals surface area contributed by atoms with Crippen LogP contribution in [0, 0.1) is 0 Å². The van der Waals surface area contributed by atoms with E-state index >= 15 is 0 Å². The van der Waals surface area contributed by atoms with Crippen LogP contribution in [-0.2, 0) is 10.2 Å². The zero-order valence-electron chi connectivity index (χ0n) is 16.1. The summed E-state index contributed by atoms with van der Waals surface area (Å²) in [5.41, 5.74) is 6.82. The maximum atomic E-state index is 12.7. The van der Waals surface area contributed by atoms with Gasteiger partial charge in [-0.1, -0.05) is 38.2 Å². The van der Waals surface area contributed by atoms with Crippen LogP contribution in [0.2, 0.25) is 0 Å². The number of nitrogens with two attached hydrogens (primary N) is 1. The minimum absolute atomic E-state index is 0.0143. The molecule has 0 radical (unpaired) electrons. The standard InChI is InChI=1S/C21H32N2O3/c1-25-17-9-8-16(14-18(17)26-2)20(10-4-3-5-11-20)15-23-19(24)21(22)12-6-7-13-21/h8-9,14H,3-7,10-13,15,22H2,1-2H3,(H,23,24). The van der Waals surface area contributed by atoms with Crippen LogP contribution in [0.1, 0.15) is 63.4 Å².